The quantitative estimate of drug-likeness (QED) is 0.862. The van der Waals surface area contributed by atoms with Gasteiger partial charge in [0.1, 0.15) is 12.1 Å². The van der Waals surface area contributed by atoms with E-state index in [1.807, 2.05) is 12.3 Å². The predicted octanol–water partition coefficient (Wildman–Crippen LogP) is 0.655. The number of methoxy groups -OCH3 is 1. The van der Waals surface area contributed by atoms with Gasteiger partial charge in [-0.15, -0.1) is 0 Å². The Bertz CT molecular complexity index is 739. The summed E-state index contributed by atoms with van der Waals surface area (Å²) in [5.74, 6) is 1.36. The maximum atomic E-state index is 11.3. The molecule has 0 amide bonds. The molecular formula is C16H22N6O2. The largest absolute Gasteiger partial charge is 0.481 e. The molecule has 8 nitrogen and oxygen atoms in total. The van der Waals surface area contributed by atoms with Gasteiger partial charge in [-0.2, -0.15) is 0 Å². The third-order valence-corrected chi connectivity index (χ3v) is 4.20. The van der Waals surface area contributed by atoms with Gasteiger partial charge in [-0.3, -0.25) is 4.90 Å². The van der Waals surface area contributed by atoms with E-state index in [4.69, 9.17) is 4.74 Å². The summed E-state index contributed by atoms with van der Waals surface area (Å²) in [5, 5.41) is 3.44. The lowest BCUT2D eigenvalue weighted by Crippen LogP contribution is -2.39. The summed E-state index contributed by atoms with van der Waals surface area (Å²) in [4.78, 5) is 25.8. The van der Waals surface area contributed by atoms with Crippen molar-refractivity contribution in [2.75, 3.05) is 25.5 Å². The van der Waals surface area contributed by atoms with E-state index < -0.39 is 0 Å². The number of hydrogen-bond acceptors (Lipinski definition) is 7. The summed E-state index contributed by atoms with van der Waals surface area (Å²) in [6.45, 7) is 2.79. The van der Waals surface area contributed by atoms with E-state index in [9.17, 15) is 4.79 Å². The number of rotatable bonds is 5. The summed E-state index contributed by atoms with van der Waals surface area (Å²) < 4.78 is 6.64. The van der Waals surface area contributed by atoms with Crippen molar-refractivity contribution in [2.45, 2.75) is 25.4 Å². The number of nitrogens with one attached hydrogen (secondary N) is 1. The minimum atomic E-state index is -0.220. The molecule has 128 valence electrons. The van der Waals surface area contributed by atoms with Crippen molar-refractivity contribution in [3.8, 4) is 5.88 Å². The molecule has 0 aliphatic carbocycles. The first-order chi connectivity index (χ1) is 11.6. The predicted molar refractivity (Wildman–Crippen MR) is 90.0 cm³/mol. The Kier molecular flexibility index (Phi) is 5.05. The van der Waals surface area contributed by atoms with E-state index in [0.717, 1.165) is 43.9 Å². The molecular weight excluding hydrogens is 308 g/mol. The van der Waals surface area contributed by atoms with Gasteiger partial charge in [-0.05, 0) is 12.8 Å². The maximum Gasteiger partial charge on any atom is 0.347 e. The van der Waals surface area contributed by atoms with Crippen molar-refractivity contribution < 1.29 is 4.74 Å². The Labute approximate surface area is 140 Å². The van der Waals surface area contributed by atoms with Gasteiger partial charge in [0.05, 0.1) is 7.11 Å². The van der Waals surface area contributed by atoms with Crippen molar-refractivity contribution in [1.82, 2.24) is 24.4 Å². The van der Waals surface area contributed by atoms with Crippen LogP contribution in [0.25, 0.3) is 0 Å². The molecule has 0 unspecified atom stereocenters. The first-order valence-electron chi connectivity index (χ1n) is 8.00. The van der Waals surface area contributed by atoms with E-state index in [-0.39, 0.29) is 5.69 Å². The van der Waals surface area contributed by atoms with Crippen molar-refractivity contribution in [1.29, 1.82) is 0 Å². The zero-order valence-electron chi connectivity index (χ0n) is 14.0. The average molecular weight is 330 g/mol. The number of piperidine rings is 1. The van der Waals surface area contributed by atoms with Crippen LogP contribution in [0.15, 0.2) is 29.6 Å². The molecule has 1 N–H and O–H groups in total. The second-order valence-corrected chi connectivity index (χ2v) is 6.00. The number of ether oxygens (including phenoxy) is 1. The summed E-state index contributed by atoms with van der Waals surface area (Å²) in [6, 6.07) is 2.20. The van der Waals surface area contributed by atoms with Crippen LogP contribution < -0.4 is 15.7 Å². The molecule has 0 radical (unpaired) electrons. The first-order valence-corrected chi connectivity index (χ1v) is 8.00. The lowest BCUT2D eigenvalue weighted by Gasteiger charge is -2.32. The molecule has 8 heteroatoms. The first kappa shape index (κ1) is 16.4. The van der Waals surface area contributed by atoms with Crippen LogP contribution in [0.1, 0.15) is 18.4 Å². The van der Waals surface area contributed by atoms with E-state index >= 15 is 0 Å². The van der Waals surface area contributed by atoms with Crippen molar-refractivity contribution in [2.24, 2.45) is 7.05 Å². The molecule has 3 rings (SSSR count). The van der Waals surface area contributed by atoms with Gasteiger partial charge in [-0.1, -0.05) is 0 Å². The lowest BCUT2D eigenvalue weighted by molar-refractivity contribution is 0.210. The second kappa shape index (κ2) is 7.39. The summed E-state index contributed by atoms with van der Waals surface area (Å²) in [5.41, 5.74) is 0.839. The third kappa shape index (κ3) is 4.08. The van der Waals surface area contributed by atoms with Crippen LogP contribution in [-0.2, 0) is 13.6 Å². The molecule has 1 saturated heterocycles. The zero-order valence-corrected chi connectivity index (χ0v) is 14.0. The number of aryl methyl sites for hydroxylation is 1. The minimum absolute atomic E-state index is 0.220. The van der Waals surface area contributed by atoms with Crippen molar-refractivity contribution in [3.05, 3.63) is 40.8 Å². The molecule has 2 aromatic rings. The Morgan fingerprint density at radius 2 is 2.08 bits per heavy atom. The molecule has 1 aliphatic heterocycles. The topological polar surface area (TPSA) is 85.2 Å². The van der Waals surface area contributed by atoms with Gasteiger partial charge in [0.25, 0.3) is 0 Å². The summed E-state index contributed by atoms with van der Waals surface area (Å²) >= 11 is 0. The monoisotopic (exact) mass is 330 g/mol. The second-order valence-electron chi connectivity index (χ2n) is 6.00. The minimum Gasteiger partial charge on any atom is -0.481 e. The molecule has 0 spiro atoms. The lowest BCUT2D eigenvalue weighted by atomic mass is 10.0. The Morgan fingerprint density at radius 1 is 1.29 bits per heavy atom. The highest BCUT2D eigenvalue weighted by Crippen LogP contribution is 2.18. The number of hydrogen-bond donors (Lipinski definition) is 1. The van der Waals surface area contributed by atoms with Crippen LogP contribution in [0.2, 0.25) is 0 Å². The van der Waals surface area contributed by atoms with Gasteiger partial charge in [0.2, 0.25) is 5.88 Å². The zero-order chi connectivity index (χ0) is 16.9. The fourth-order valence-corrected chi connectivity index (χ4v) is 2.88. The molecule has 0 saturated carbocycles. The van der Waals surface area contributed by atoms with Gasteiger partial charge >= 0.3 is 5.69 Å². The van der Waals surface area contributed by atoms with Crippen molar-refractivity contribution in [3.63, 3.8) is 0 Å². The summed E-state index contributed by atoms with van der Waals surface area (Å²) in [6.07, 6.45) is 7.09. The standard InChI is InChI=1S/C16H22N6O2/c1-21-9-12(8-17-16(21)23)10-22-5-3-13(4-6-22)20-14-7-15(24-2)19-11-18-14/h7-9,11,13H,3-6,10H2,1-2H3,(H,18,19,20). The van der Waals surface area contributed by atoms with Gasteiger partial charge in [0, 0.05) is 56.7 Å². The number of nitrogens with zero attached hydrogens (tertiary/aromatic N) is 5. The van der Waals surface area contributed by atoms with E-state index in [1.54, 1.807) is 20.4 Å². The highest BCUT2D eigenvalue weighted by molar-refractivity contribution is 5.38. The number of aromatic nitrogens is 4. The molecule has 3 heterocycles. The fraction of sp³-hybridized carbons (Fsp3) is 0.500. The van der Waals surface area contributed by atoms with Crippen LogP contribution in [0.5, 0.6) is 5.88 Å². The van der Waals surface area contributed by atoms with Crippen molar-refractivity contribution >= 4 is 5.82 Å². The highest BCUT2D eigenvalue weighted by Gasteiger charge is 2.19. The Hall–Kier alpha value is -2.48. The van der Waals surface area contributed by atoms with E-state index in [1.165, 1.54) is 10.9 Å². The van der Waals surface area contributed by atoms with Crippen LogP contribution in [0, 0.1) is 0 Å². The van der Waals surface area contributed by atoms with E-state index in [0.29, 0.717) is 11.9 Å². The molecule has 2 aromatic heterocycles. The Balaban J connectivity index is 1.51. The smallest absolute Gasteiger partial charge is 0.347 e. The molecule has 24 heavy (non-hydrogen) atoms. The van der Waals surface area contributed by atoms with Gasteiger partial charge < -0.3 is 14.6 Å². The van der Waals surface area contributed by atoms with Crippen LogP contribution in [0.4, 0.5) is 5.82 Å². The molecule has 1 aliphatic rings. The van der Waals surface area contributed by atoms with Gasteiger partial charge in [0.15, 0.2) is 0 Å². The number of likely N-dealkylation sites (tertiary alicyclic amines) is 1. The molecule has 1 fully saturated rings. The molecule has 0 atom stereocenters. The molecule has 0 aromatic carbocycles. The van der Waals surface area contributed by atoms with Crippen LogP contribution in [-0.4, -0.2) is 50.7 Å². The third-order valence-electron chi connectivity index (χ3n) is 4.20. The van der Waals surface area contributed by atoms with Gasteiger partial charge in [-0.25, -0.2) is 19.7 Å². The normalized spacial score (nSPS) is 16.1. The van der Waals surface area contributed by atoms with Crippen LogP contribution >= 0.6 is 0 Å². The maximum absolute atomic E-state index is 11.3. The molecule has 0 bridgehead atoms. The fourth-order valence-electron chi connectivity index (χ4n) is 2.88. The van der Waals surface area contributed by atoms with E-state index in [2.05, 4.69) is 25.2 Å². The SMILES string of the molecule is COc1cc(NC2CCN(Cc3cnc(=O)n(C)c3)CC2)ncn1. The van der Waals surface area contributed by atoms with Crippen LogP contribution in [0.3, 0.4) is 0 Å². The summed E-state index contributed by atoms with van der Waals surface area (Å²) in [7, 11) is 3.32. The highest BCUT2D eigenvalue weighted by atomic mass is 16.5. The number of anilines is 1. The Morgan fingerprint density at radius 3 is 2.79 bits per heavy atom. The average Bonchev–Trinajstić information content (AvgIpc) is 2.60.